The monoisotopic (exact) mass is 281 g/mol. The van der Waals surface area contributed by atoms with Crippen LogP contribution in [0.15, 0.2) is 22.7 Å². The van der Waals surface area contributed by atoms with Crippen LogP contribution in [0.1, 0.15) is 31.4 Å². The van der Waals surface area contributed by atoms with Crippen LogP contribution < -0.4 is 5.73 Å². The van der Waals surface area contributed by atoms with Crippen LogP contribution in [-0.2, 0) is 12.8 Å². The van der Waals surface area contributed by atoms with E-state index in [1.54, 1.807) is 0 Å². The molecule has 2 N–H and O–H groups in total. The van der Waals surface area contributed by atoms with E-state index in [9.17, 15) is 0 Å². The summed E-state index contributed by atoms with van der Waals surface area (Å²) < 4.78 is 1.27. The van der Waals surface area contributed by atoms with E-state index < -0.39 is 0 Å². The molecule has 0 heterocycles. The Morgan fingerprint density at radius 3 is 2.88 bits per heavy atom. The van der Waals surface area contributed by atoms with Crippen molar-refractivity contribution in [3.8, 4) is 0 Å². The molecule has 1 aromatic rings. The largest absolute Gasteiger partial charge is 0.330 e. The molecule has 1 aliphatic rings. The molecule has 88 valence electrons. The summed E-state index contributed by atoms with van der Waals surface area (Å²) in [5.74, 6) is 0.712. The third-order valence-electron chi connectivity index (χ3n) is 4.06. The fraction of sp³-hybridized carbons (Fsp3) is 0.571. The van der Waals surface area contributed by atoms with Gasteiger partial charge in [0.15, 0.2) is 0 Å². The molecule has 0 radical (unpaired) electrons. The first kappa shape index (κ1) is 12.1. The first-order chi connectivity index (χ1) is 7.54. The number of nitrogens with two attached hydrogens (primary N) is 1. The van der Waals surface area contributed by atoms with E-state index in [1.165, 1.54) is 34.9 Å². The van der Waals surface area contributed by atoms with E-state index in [0.717, 1.165) is 6.54 Å². The summed E-state index contributed by atoms with van der Waals surface area (Å²) in [4.78, 5) is 0. The third kappa shape index (κ3) is 2.18. The minimum absolute atomic E-state index is 0.257. The Morgan fingerprint density at radius 2 is 2.19 bits per heavy atom. The van der Waals surface area contributed by atoms with Gasteiger partial charge in [-0.15, -0.1) is 0 Å². The van der Waals surface area contributed by atoms with E-state index in [1.807, 2.05) is 0 Å². The highest BCUT2D eigenvalue weighted by molar-refractivity contribution is 9.10. The van der Waals surface area contributed by atoms with Gasteiger partial charge in [-0.2, -0.15) is 0 Å². The Labute approximate surface area is 107 Å². The maximum absolute atomic E-state index is 5.88. The fourth-order valence-corrected chi connectivity index (χ4v) is 3.15. The van der Waals surface area contributed by atoms with Gasteiger partial charge in [0.05, 0.1) is 0 Å². The molecule has 1 atom stereocenters. The normalized spacial score (nSPS) is 20.6. The molecule has 0 spiro atoms. The predicted octanol–water partition coefficient (Wildman–Crippen LogP) is 3.54. The molecule has 16 heavy (non-hydrogen) atoms. The number of hydrogen-bond donors (Lipinski definition) is 1. The summed E-state index contributed by atoms with van der Waals surface area (Å²) in [6.45, 7) is 5.36. The Hall–Kier alpha value is -0.340. The first-order valence-electron chi connectivity index (χ1n) is 6.01. The maximum Gasteiger partial charge on any atom is 0.0210 e. The van der Waals surface area contributed by atoms with Crippen molar-refractivity contribution in [1.82, 2.24) is 0 Å². The fourth-order valence-electron chi connectivity index (χ4n) is 2.58. The van der Waals surface area contributed by atoms with Gasteiger partial charge >= 0.3 is 0 Å². The molecule has 0 fully saturated rings. The molecule has 1 aromatic carbocycles. The minimum atomic E-state index is 0.257. The molecule has 1 unspecified atom stereocenters. The molecular weight excluding hydrogens is 262 g/mol. The molecule has 1 nitrogen and oxygen atoms in total. The van der Waals surface area contributed by atoms with Gasteiger partial charge in [-0.3, -0.25) is 0 Å². The lowest BCUT2D eigenvalue weighted by Crippen LogP contribution is -2.35. The van der Waals surface area contributed by atoms with E-state index in [-0.39, 0.29) is 5.41 Å². The van der Waals surface area contributed by atoms with Crippen molar-refractivity contribution < 1.29 is 0 Å². The van der Waals surface area contributed by atoms with Crippen LogP contribution in [0.5, 0.6) is 0 Å². The van der Waals surface area contributed by atoms with Crippen LogP contribution in [0.2, 0.25) is 0 Å². The highest BCUT2D eigenvalue weighted by Gasteiger charge is 2.31. The maximum atomic E-state index is 5.88. The topological polar surface area (TPSA) is 26.0 Å². The Morgan fingerprint density at radius 1 is 1.44 bits per heavy atom. The lowest BCUT2D eigenvalue weighted by Gasteiger charge is -2.37. The summed E-state index contributed by atoms with van der Waals surface area (Å²) in [6.07, 6.45) is 3.64. The Bertz CT molecular complexity index is 384. The number of fused-ring (bicyclic) bond motifs is 1. The van der Waals surface area contributed by atoms with Gasteiger partial charge in [-0.1, -0.05) is 41.9 Å². The zero-order chi connectivity index (χ0) is 11.8. The summed E-state index contributed by atoms with van der Waals surface area (Å²) >= 11 is 3.67. The smallest absolute Gasteiger partial charge is 0.0210 e. The quantitative estimate of drug-likeness (QED) is 0.882. The number of benzene rings is 1. The lowest BCUT2D eigenvalue weighted by molar-refractivity contribution is 0.199. The highest BCUT2D eigenvalue weighted by atomic mass is 79.9. The number of halogens is 1. The van der Waals surface area contributed by atoms with Crippen molar-refractivity contribution in [3.05, 3.63) is 33.8 Å². The summed E-state index contributed by atoms with van der Waals surface area (Å²) in [7, 11) is 0. The van der Waals surface area contributed by atoms with Gasteiger partial charge < -0.3 is 5.73 Å². The third-order valence-corrected chi connectivity index (χ3v) is 4.80. The number of rotatable bonds is 2. The van der Waals surface area contributed by atoms with Crippen molar-refractivity contribution in [2.75, 3.05) is 6.54 Å². The molecule has 0 aromatic heterocycles. The van der Waals surface area contributed by atoms with Crippen molar-refractivity contribution in [2.45, 2.75) is 33.1 Å². The minimum Gasteiger partial charge on any atom is -0.330 e. The second kappa shape index (κ2) is 4.50. The first-order valence-corrected chi connectivity index (χ1v) is 6.80. The van der Waals surface area contributed by atoms with Gasteiger partial charge in [0.2, 0.25) is 0 Å². The zero-order valence-electron chi connectivity index (χ0n) is 10.1. The molecule has 0 amide bonds. The van der Waals surface area contributed by atoms with Crippen molar-refractivity contribution in [2.24, 2.45) is 17.1 Å². The van der Waals surface area contributed by atoms with Crippen molar-refractivity contribution in [3.63, 3.8) is 0 Å². The van der Waals surface area contributed by atoms with Crippen LogP contribution in [-0.4, -0.2) is 6.54 Å². The molecule has 2 rings (SSSR count). The number of aryl methyl sites for hydroxylation is 1. The molecule has 0 saturated heterocycles. The summed E-state index contributed by atoms with van der Waals surface area (Å²) in [5, 5.41) is 0. The van der Waals surface area contributed by atoms with Crippen LogP contribution >= 0.6 is 15.9 Å². The summed E-state index contributed by atoms with van der Waals surface area (Å²) in [6, 6.07) is 6.54. The molecule has 0 bridgehead atoms. The Balaban J connectivity index is 2.27. The predicted molar refractivity (Wildman–Crippen MR) is 72.5 cm³/mol. The average Bonchev–Trinajstić information content (AvgIpc) is 2.29. The standard InChI is InChI=1S/C14H20BrN/c1-14(2,9-16)11-7-6-10-4-3-5-13(15)12(10)8-11/h3-5,11H,6-9,16H2,1-2H3. The van der Waals surface area contributed by atoms with E-state index in [2.05, 4.69) is 48.0 Å². The van der Waals surface area contributed by atoms with E-state index >= 15 is 0 Å². The molecular formula is C14H20BrN. The molecule has 2 heteroatoms. The number of hydrogen-bond acceptors (Lipinski definition) is 1. The molecule has 1 aliphatic carbocycles. The molecule has 0 aliphatic heterocycles. The van der Waals surface area contributed by atoms with Gasteiger partial charge in [-0.05, 0) is 54.3 Å². The van der Waals surface area contributed by atoms with Crippen LogP contribution in [0.3, 0.4) is 0 Å². The van der Waals surface area contributed by atoms with Crippen LogP contribution in [0.25, 0.3) is 0 Å². The average molecular weight is 282 g/mol. The van der Waals surface area contributed by atoms with E-state index in [4.69, 9.17) is 5.73 Å². The second-order valence-electron chi connectivity index (χ2n) is 5.51. The molecule has 0 saturated carbocycles. The zero-order valence-corrected chi connectivity index (χ0v) is 11.7. The van der Waals surface area contributed by atoms with Crippen molar-refractivity contribution in [1.29, 1.82) is 0 Å². The lowest BCUT2D eigenvalue weighted by atomic mass is 9.69. The van der Waals surface area contributed by atoms with Gasteiger partial charge in [0.1, 0.15) is 0 Å². The highest BCUT2D eigenvalue weighted by Crippen LogP contribution is 2.39. The van der Waals surface area contributed by atoms with Crippen LogP contribution in [0, 0.1) is 11.3 Å². The van der Waals surface area contributed by atoms with E-state index in [0.29, 0.717) is 5.92 Å². The Kier molecular flexibility index (Phi) is 3.41. The SMILES string of the molecule is CC(C)(CN)C1CCc2cccc(Br)c2C1. The summed E-state index contributed by atoms with van der Waals surface area (Å²) in [5.41, 5.74) is 9.15. The second-order valence-corrected chi connectivity index (χ2v) is 6.36. The van der Waals surface area contributed by atoms with Crippen LogP contribution in [0.4, 0.5) is 0 Å². The van der Waals surface area contributed by atoms with Gasteiger partial charge in [-0.25, -0.2) is 0 Å². The van der Waals surface area contributed by atoms with Gasteiger partial charge in [0.25, 0.3) is 0 Å². The van der Waals surface area contributed by atoms with Crippen molar-refractivity contribution >= 4 is 15.9 Å². The van der Waals surface area contributed by atoms with Gasteiger partial charge in [0, 0.05) is 4.47 Å².